The second-order valence-electron chi connectivity index (χ2n) is 4.66. The number of hydrogen-bond donors (Lipinski definition) is 1. The lowest BCUT2D eigenvalue weighted by Gasteiger charge is -2.21. The molecule has 0 bridgehead atoms. The smallest absolute Gasteiger partial charge is 0.310 e. The Hall–Kier alpha value is -0.740. The van der Waals surface area contributed by atoms with Crippen LogP contribution in [0.4, 0.5) is 13.2 Å². The molecule has 0 aromatic heterocycles. The van der Waals surface area contributed by atoms with Gasteiger partial charge in [-0.3, -0.25) is 0 Å². The summed E-state index contributed by atoms with van der Waals surface area (Å²) in [6, 6.07) is 5.03. The third-order valence-electron chi connectivity index (χ3n) is 2.96. The van der Waals surface area contributed by atoms with Crippen molar-refractivity contribution in [3.8, 4) is 0 Å². The van der Waals surface area contributed by atoms with Gasteiger partial charge in [-0.15, -0.1) is 0 Å². The van der Waals surface area contributed by atoms with E-state index in [0.29, 0.717) is 11.6 Å². The highest BCUT2D eigenvalue weighted by Gasteiger charge is 2.28. The second kappa shape index (κ2) is 7.15. The van der Waals surface area contributed by atoms with E-state index in [1.807, 2.05) is 13.8 Å². The van der Waals surface area contributed by atoms with E-state index in [4.69, 9.17) is 11.6 Å². The number of aryl methyl sites for hydroxylation is 1. The van der Waals surface area contributed by atoms with Gasteiger partial charge in [0.1, 0.15) is 0 Å². The van der Waals surface area contributed by atoms with E-state index in [2.05, 4.69) is 5.32 Å². The maximum Gasteiger partial charge on any atom is 0.389 e. The van der Waals surface area contributed by atoms with Crippen LogP contribution < -0.4 is 5.32 Å². The molecule has 1 rings (SSSR count). The number of alkyl halides is 3. The summed E-state index contributed by atoms with van der Waals surface area (Å²) in [4.78, 5) is 0. The number of halogens is 4. The van der Waals surface area contributed by atoms with E-state index in [-0.39, 0.29) is 12.5 Å². The van der Waals surface area contributed by atoms with Crippen molar-refractivity contribution in [1.82, 2.24) is 5.32 Å². The molecule has 0 saturated carbocycles. The Kier molecular flexibility index (Phi) is 6.14. The highest BCUT2D eigenvalue weighted by molar-refractivity contribution is 6.30. The zero-order chi connectivity index (χ0) is 14.5. The zero-order valence-corrected chi connectivity index (χ0v) is 11.9. The Labute approximate surface area is 117 Å². The van der Waals surface area contributed by atoms with Gasteiger partial charge in [0.05, 0.1) is 0 Å². The Morgan fingerprint density at radius 1 is 1.32 bits per heavy atom. The van der Waals surface area contributed by atoms with Crippen LogP contribution in [0.2, 0.25) is 5.02 Å². The number of hydrogen-bond acceptors (Lipinski definition) is 1. The number of nitrogens with one attached hydrogen (secondary N) is 1. The molecule has 1 aromatic carbocycles. The number of benzene rings is 1. The lowest BCUT2D eigenvalue weighted by molar-refractivity contribution is -0.136. The van der Waals surface area contributed by atoms with Crippen molar-refractivity contribution in [2.24, 2.45) is 0 Å². The van der Waals surface area contributed by atoms with Gasteiger partial charge in [-0.1, -0.05) is 24.6 Å². The zero-order valence-electron chi connectivity index (χ0n) is 11.1. The van der Waals surface area contributed by atoms with E-state index in [9.17, 15) is 13.2 Å². The van der Waals surface area contributed by atoms with Crippen LogP contribution >= 0.6 is 11.6 Å². The Balaban J connectivity index is 2.83. The molecule has 0 fully saturated rings. The lowest BCUT2D eigenvalue weighted by Crippen LogP contribution is -2.24. The molecule has 1 aromatic rings. The topological polar surface area (TPSA) is 12.0 Å². The molecule has 0 aliphatic carbocycles. The van der Waals surface area contributed by atoms with Crippen LogP contribution in [-0.4, -0.2) is 12.7 Å². The molecular weight excluding hydrogens is 275 g/mol. The fourth-order valence-electron chi connectivity index (χ4n) is 2.02. The first kappa shape index (κ1) is 16.3. The molecule has 0 amide bonds. The molecule has 0 aliphatic heterocycles. The maximum atomic E-state index is 12.4. The Morgan fingerprint density at radius 3 is 2.53 bits per heavy atom. The van der Waals surface area contributed by atoms with Gasteiger partial charge in [-0.05, 0) is 49.6 Å². The molecule has 0 radical (unpaired) electrons. The van der Waals surface area contributed by atoms with Gasteiger partial charge >= 0.3 is 6.18 Å². The monoisotopic (exact) mass is 293 g/mol. The van der Waals surface area contributed by atoms with Crippen molar-refractivity contribution in [3.63, 3.8) is 0 Å². The van der Waals surface area contributed by atoms with Crippen molar-refractivity contribution in [2.45, 2.75) is 45.3 Å². The minimum Gasteiger partial charge on any atom is -0.310 e. The van der Waals surface area contributed by atoms with Crippen molar-refractivity contribution < 1.29 is 13.2 Å². The summed E-state index contributed by atoms with van der Waals surface area (Å²) < 4.78 is 37.1. The predicted octanol–water partition coefficient (Wildman–Crippen LogP) is 5.03. The molecule has 108 valence electrons. The largest absolute Gasteiger partial charge is 0.389 e. The fraction of sp³-hybridized carbons (Fsp3) is 0.571. The van der Waals surface area contributed by atoms with E-state index < -0.39 is 12.6 Å². The first-order chi connectivity index (χ1) is 8.83. The van der Waals surface area contributed by atoms with Crippen LogP contribution in [0.3, 0.4) is 0 Å². The highest BCUT2D eigenvalue weighted by Crippen LogP contribution is 2.30. The first-order valence-electron chi connectivity index (χ1n) is 6.39. The predicted molar refractivity (Wildman–Crippen MR) is 72.5 cm³/mol. The van der Waals surface area contributed by atoms with E-state index in [1.54, 1.807) is 18.2 Å². The van der Waals surface area contributed by atoms with Gasteiger partial charge in [0, 0.05) is 17.5 Å². The van der Waals surface area contributed by atoms with Gasteiger partial charge in [0.2, 0.25) is 0 Å². The van der Waals surface area contributed by atoms with Crippen LogP contribution in [0, 0.1) is 6.92 Å². The molecule has 0 spiro atoms. The summed E-state index contributed by atoms with van der Waals surface area (Å²) in [7, 11) is 0. The van der Waals surface area contributed by atoms with Crippen LogP contribution in [0.1, 0.15) is 43.4 Å². The average molecular weight is 294 g/mol. The molecule has 0 heterocycles. The quantitative estimate of drug-likeness (QED) is 0.775. The molecule has 1 atom stereocenters. The minimum absolute atomic E-state index is 0.0476. The summed E-state index contributed by atoms with van der Waals surface area (Å²) >= 11 is 5.88. The maximum absolute atomic E-state index is 12.4. The Bertz CT molecular complexity index is 404. The van der Waals surface area contributed by atoms with E-state index in [1.165, 1.54) is 0 Å². The summed E-state index contributed by atoms with van der Waals surface area (Å²) in [6.45, 7) is 4.56. The average Bonchev–Trinajstić information content (AvgIpc) is 2.29. The summed E-state index contributed by atoms with van der Waals surface area (Å²) in [5.41, 5.74) is 1.81. The second-order valence-corrected chi connectivity index (χ2v) is 5.10. The van der Waals surface area contributed by atoms with Crippen LogP contribution in [0.5, 0.6) is 0 Å². The molecule has 0 aliphatic rings. The third kappa shape index (κ3) is 5.83. The molecule has 0 saturated heterocycles. The molecule has 19 heavy (non-hydrogen) atoms. The van der Waals surface area contributed by atoms with Crippen molar-refractivity contribution in [2.75, 3.05) is 6.54 Å². The molecule has 1 N–H and O–H groups in total. The SMILES string of the molecule is CCCNC(CCC(F)(F)F)c1ccc(Cl)cc1C. The van der Waals surface area contributed by atoms with Gasteiger partial charge in [0.25, 0.3) is 0 Å². The minimum atomic E-state index is -4.12. The van der Waals surface area contributed by atoms with E-state index in [0.717, 1.165) is 17.5 Å². The van der Waals surface area contributed by atoms with Crippen LogP contribution in [0.25, 0.3) is 0 Å². The van der Waals surface area contributed by atoms with Crippen molar-refractivity contribution >= 4 is 11.6 Å². The molecular formula is C14H19ClF3N. The molecule has 1 nitrogen and oxygen atoms in total. The molecule has 1 unspecified atom stereocenters. The van der Waals surface area contributed by atoms with Gasteiger partial charge < -0.3 is 5.32 Å². The van der Waals surface area contributed by atoms with Gasteiger partial charge in [-0.25, -0.2) is 0 Å². The number of rotatable bonds is 6. The van der Waals surface area contributed by atoms with Crippen molar-refractivity contribution in [3.05, 3.63) is 34.3 Å². The third-order valence-corrected chi connectivity index (χ3v) is 3.20. The van der Waals surface area contributed by atoms with Gasteiger partial charge in [0.15, 0.2) is 0 Å². The van der Waals surface area contributed by atoms with E-state index >= 15 is 0 Å². The molecule has 5 heteroatoms. The summed E-state index contributed by atoms with van der Waals surface area (Å²) in [6.07, 6.45) is -3.97. The first-order valence-corrected chi connectivity index (χ1v) is 6.77. The van der Waals surface area contributed by atoms with Crippen LogP contribution in [-0.2, 0) is 0 Å². The van der Waals surface area contributed by atoms with Crippen LogP contribution in [0.15, 0.2) is 18.2 Å². The van der Waals surface area contributed by atoms with Gasteiger partial charge in [-0.2, -0.15) is 13.2 Å². The summed E-state index contributed by atoms with van der Waals surface area (Å²) in [5.74, 6) is 0. The highest BCUT2D eigenvalue weighted by atomic mass is 35.5. The summed E-state index contributed by atoms with van der Waals surface area (Å²) in [5, 5.41) is 3.78. The van der Waals surface area contributed by atoms with Crippen molar-refractivity contribution in [1.29, 1.82) is 0 Å². The lowest BCUT2D eigenvalue weighted by atomic mass is 9.97. The fourth-order valence-corrected chi connectivity index (χ4v) is 2.25. The Morgan fingerprint density at radius 2 is 2.00 bits per heavy atom. The normalized spacial score (nSPS) is 13.6. The standard InChI is InChI=1S/C14H19ClF3N/c1-3-8-19-13(6-7-14(16,17)18)12-5-4-11(15)9-10(12)2/h4-5,9,13,19H,3,6-8H2,1-2H3.